The van der Waals surface area contributed by atoms with E-state index in [4.69, 9.17) is 10.2 Å². The van der Waals surface area contributed by atoms with Crippen molar-refractivity contribution >= 4 is 6.09 Å². The normalized spacial score (nSPS) is 12.8. The lowest BCUT2D eigenvalue weighted by Crippen LogP contribution is -2.35. The van der Waals surface area contributed by atoms with Crippen molar-refractivity contribution in [3.05, 3.63) is 0 Å². The Hall–Kier alpha value is -0.770. The maximum atomic E-state index is 10.1. The van der Waals surface area contributed by atoms with Gasteiger partial charge in [0.05, 0.1) is 0 Å². The highest BCUT2D eigenvalue weighted by Gasteiger charge is 2.12. The van der Waals surface area contributed by atoms with Crippen LogP contribution in [0.2, 0.25) is 0 Å². The molecular formula is C5H11NO3. The first-order chi connectivity index (χ1) is 4.09. The van der Waals surface area contributed by atoms with E-state index in [0.29, 0.717) is 6.42 Å². The molecule has 4 heteroatoms. The Balaban J connectivity index is 3.72. The average Bonchev–Trinajstić information content (AvgIpc) is 1.84. The summed E-state index contributed by atoms with van der Waals surface area (Å²) in [4.78, 5) is 10.9. The molecule has 1 atom stereocenters. The van der Waals surface area contributed by atoms with Crippen molar-refractivity contribution in [3.8, 4) is 0 Å². The molecule has 0 aromatic carbocycles. The van der Waals surface area contributed by atoms with Gasteiger partial charge in [-0.05, 0) is 6.42 Å². The van der Waals surface area contributed by atoms with Gasteiger partial charge in [-0.15, -0.1) is 0 Å². The number of hydrogen-bond acceptors (Lipinski definition) is 2. The molecule has 0 aliphatic heterocycles. The zero-order valence-corrected chi connectivity index (χ0v) is 5.53. The van der Waals surface area contributed by atoms with E-state index in [2.05, 4.69) is 0 Å². The molecule has 0 spiro atoms. The van der Waals surface area contributed by atoms with Crippen molar-refractivity contribution < 1.29 is 15.0 Å². The number of carbonyl (C=O) groups is 1. The smallest absolute Gasteiger partial charge is 0.409 e. The summed E-state index contributed by atoms with van der Waals surface area (Å²) in [5.41, 5.74) is 0. The maximum absolute atomic E-state index is 10.1. The Morgan fingerprint density at radius 1 is 1.78 bits per heavy atom. The van der Waals surface area contributed by atoms with Crippen molar-refractivity contribution in [1.29, 1.82) is 0 Å². The third-order valence-electron chi connectivity index (χ3n) is 1.11. The molecule has 54 valence electrons. The predicted octanol–water partition coefficient (Wildman–Crippen LogP) is 0.325. The molecule has 0 radical (unpaired) electrons. The third-order valence-corrected chi connectivity index (χ3v) is 1.11. The first kappa shape index (κ1) is 8.23. The second-order valence-corrected chi connectivity index (χ2v) is 1.78. The highest BCUT2D eigenvalue weighted by atomic mass is 16.4. The van der Waals surface area contributed by atoms with Gasteiger partial charge in [-0.3, -0.25) is 4.90 Å². The Kier molecular flexibility index (Phi) is 3.01. The number of rotatable bonds is 2. The topological polar surface area (TPSA) is 60.8 Å². The van der Waals surface area contributed by atoms with Crippen LogP contribution in [0.5, 0.6) is 0 Å². The zero-order chi connectivity index (χ0) is 7.44. The van der Waals surface area contributed by atoms with E-state index in [1.807, 2.05) is 0 Å². The van der Waals surface area contributed by atoms with E-state index in [0.717, 1.165) is 4.90 Å². The standard InChI is InChI=1S/C5H11NO3/c1-3-4(7)6(2)5(8)9/h4,7H,3H2,1-2H3,(H,8,9). The number of hydrogen-bond donors (Lipinski definition) is 2. The van der Waals surface area contributed by atoms with Crippen LogP contribution in [0.25, 0.3) is 0 Å². The molecule has 0 aromatic heterocycles. The summed E-state index contributed by atoms with van der Waals surface area (Å²) in [6.45, 7) is 1.71. The van der Waals surface area contributed by atoms with Gasteiger partial charge in [0.25, 0.3) is 0 Å². The fourth-order valence-corrected chi connectivity index (χ4v) is 0.401. The molecule has 0 aliphatic rings. The summed E-state index contributed by atoms with van der Waals surface area (Å²) in [5.74, 6) is 0. The van der Waals surface area contributed by atoms with Gasteiger partial charge >= 0.3 is 6.09 Å². The molecule has 1 amide bonds. The summed E-state index contributed by atoms with van der Waals surface area (Å²) >= 11 is 0. The lowest BCUT2D eigenvalue weighted by Gasteiger charge is -2.17. The minimum absolute atomic E-state index is 0.419. The van der Waals surface area contributed by atoms with Gasteiger partial charge in [0, 0.05) is 7.05 Å². The van der Waals surface area contributed by atoms with Gasteiger partial charge in [-0.2, -0.15) is 0 Å². The van der Waals surface area contributed by atoms with Gasteiger partial charge < -0.3 is 10.2 Å². The Bertz CT molecular complexity index is 104. The van der Waals surface area contributed by atoms with Crippen molar-refractivity contribution in [2.75, 3.05) is 7.05 Å². The zero-order valence-electron chi connectivity index (χ0n) is 5.53. The van der Waals surface area contributed by atoms with Crippen LogP contribution in [0, 0.1) is 0 Å². The highest BCUT2D eigenvalue weighted by Crippen LogP contribution is 1.95. The van der Waals surface area contributed by atoms with E-state index < -0.39 is 12.3 Å². The number of aliphatic hydroxyl groups is 1. The van der Waals surface area contributed by atoms with Crippen LogP contribution in [0.15, 0.2) is 0 Å². The molecule has 0 fully saturated rings. The summed E-state index contributed by atoms with van der Waals surface area (Å²) in [6, 6.07) is 0. The van der Waals surface area contributed by atoms with Crippen molar-refractivity contribution in [1.82, 2.24) is 4.90 Å². The number of carboxylic acid groups (broad SMARTS) is 1. The Morgan fingerprint density at radius 3 is 2.33 bits per heavy atom. The molecule has 1 unspecified atom stereocenters. The van der Waals surface area contributed by atoms with Gasteiger partial charge in [-0.25, -0.2) is 4.79 Å². The van der Waals surface area contributed by atoms with Crippen LogP contribution in [-0.2, 0) is 0 Å². The SMILES string of the molecule is CCC(O)N(C)C(=O)O. The second kappa shape index (κ2) is 3.29. The largest absolute Gasteiger partial charge is 0.465 e. The predicted molar refractivity (Wildman–Crippen MR) is 32.1 cm³/mol. The van der Waals surface area contributed by atoms with Crippen molar-refractivity contribution in [2.45, 2.75) is 19.6 Å². The van der Waals surface area contributed by atoms with E-state index >= 15 is 0 Å². The summed E-state index contributed by atoms with van der Waals surface area (Å²) < 4.78 is 0. The molecule has 0 rings (SSSR count). The third kappa shape index (κ3) is 2.32. The Labute approximate surface area is 53.7 Å². The Morgan fingerprint density at radius 2 is 2.22 bits per heavy atom. The van der Waals surface area contributed by atoms with Gasteiger partial charge in [0.15, 0.2) is 0 Å². The number of aliphatic hydroxyl groups excluding tert-OH is 1. The summed E-state index contributed by atoms with van der Waals surface area (Å²) in [7, 11) is 1.33. The summed E-state index contributed by atoms with van der Waals surface area (Å²) in [5, 5.41) is 17.1. The highest BCUT2D eigenvalue weighted by molar-refractivity contribution is 5.64. The second-order valence-electron chi connectivity index (χ2n) is 1.78. The molecule has 4 nitrogen and oxygen atoms in total. The van der Waals surface area contributed by atoms with Crippen molar-refractivity contribution in [2.24, 2.45) is 0 Å². The first-order valence-electron chi connectivity index (χ1n) is 2.73. The first-order valence-corrected chi connectivity index (χ1v) is 2.73. The summed E-state index contributed by atoms with van der Waals surface area (Å²) in [6.07, 6.45) is -1.56. The van der Waals surface area contributed by atoms with Crippen LogP contribution < -0.4 is 0 Å². The molecule has 2 N–H and O–H groups in total. The van der Waals surface area contributed by atoms with E-state index in [1.165, 1.54) is 7.05 Å². The van der Waals surface area contributed by atoms with Crippen LogP contribution in [0.4, 0.5) is 4.79 Å². The fraction of sp³-hybridized carbons (Fsp3) is 0.800. The molecule has 0 bridgehead atoms. The lowest BCUT2D eigenvalue weighted by atomic mass is 10.4. The van der Waals surface area contributed by atoms with Crippen molar-refractivity contribution in [3.63, 3.8) is 0 Å². The van der Waals surface area contributed by atoms with Gasteiger partial charge in [0.2, 0.25) is 0 Å². The minimum Gasteiger partial charge on any atom is -0.465 e. The van der Waals surface area contributed by atoms with Gasteiger partial charge in [0.1, 0.15) is 6.23 Å². The molecular weight excluding hydrogens is 122 g/mol. The lowest BCUT2D eigenvalue weighted by molar-refractivity contribution is 0.0254. The molecule has 0 saturated heterocycles. The van der Waals surface area contributed by atoms with Crippen LogP contribution in [0.3, 0.4) is 0 Å². The van der Waals surface area contributed by atoms with Crippen LogP contribution >= 0.6 is 0 Å². The minimum atomic E-state index is -1.11. The monoisotopic (exact) mass is 133 g/mol. The van der Waals surface area contributed by atoms with Gasteiger partial charge in [-0.1, -0.05) is 6.92 Å². The maximum Gasteiger partial charge on any atom is 0.409 e. The quantitative estimate of drug-likeness (QED) is 0.533. The van der Waals surface area contributed by atoms with E-state index in [-0.39, 0.29) is 0 Å². The number of nitrogens with zero attached hydrogens (tertiary/aromatic N) is 1. The van der Waals surface area contributed by atoms with Crippen LogP contribution in [-0.4, -0.2) is 34.5 Å². The van der Waals surface area contributed by atoms with E-state index in [9.17, 15) is 4.79 Å². The number of amides is 1. The molecule has 0 aliphatic carbocycles. The molecule has 9 heavy (non-hydrogen) atoms. The average molecular weight is 133 g/mol. The molecule has 0 aromatic rings. The fourth-order valence-electron chi connectivity index (χ4n) is 0.401. The molecule has 0 saturated carbocycles. The van der Waals surface area contributed by atoms with Crippen LogP contribution in [0.1, 0.15) is 13.3 Å². The van der Waals surface area contributed by atoms with E-state index in [1.54, 1.807) is 6.92 Å². The molecule has 0 heterocycles.